The molecule has 1 rings (SSSR count). The molecule has 1 atom stereocenters. The highest BCUT2D eigenvalue weighted by molar-refractivity contribution is 5.96. The first-order chi connectivity index (χ1) is 8.75. The van der Waals surface area contributed by atoms with Gasteiger partial charge >= 0.3 is 12.1 Å². The van der Waals surface area contributed by atoms with Crippen molar-refractivity contribution >= 4 is 11.9 Å². The fraction of sp³-hybridized carbons (Fsp3) is 0.333. The Kier molecular flexibility index (Phi) is 4.52. The van der Waals surface area contributed by atoms with Crippen LogP contribution in [-0.4, -0.2) is 23.0 Å². The molecular weight excluding hydrogens is 263 g/mol. The Morgan fingerprint density at radius 1 is 1.26 bits per heavy atom. The van der Waals surface area contributed by atoms with E-state index in [0.717, 1.165) is 24.3 Å². The van der Waals surface area contributed by atoms with Crippen molar-refractivity contribution in [2.45, 2.75) is 25.6 Å². The number of amides is 1. The molecule has 1 amide bonds. The summed E-state index contributed by atoms with van der Waals surface area (Å²) in [7, 11) is 0. The maximum absolute atomic E-state index is 12.3. The van der Waals surface area contributed by atoms with Crippen LogP contribution in [-0.2, 0) is 11.0 Å². The quantitative estimate of drug-likeness (QED) is 0.886. The second-order valence-corrected chi connectivity index (χ2v) is 3.85. The minimum atomic E-state index is -4.47. The lowest BCUT2D eigenvalue weighted by Crippen LogP contribution is -2.40. The Balaban J connectivity index is 2.81. The van der Waals surface area contributed by atoms with Gasteiger partial charge in [0.05, 0.1) is 5.56 Å². The predicted octanol–water partition coefficient (Wildman–Crippen LogP) is 2.30. The van der Waals surface area contributed by atoms with E-state index in [0.29, 0.717) is 0 Å². The van der Waals surface area contributed by atoms with Crippen molar-refractivity contribution in [3.8, 4) is 0 Å². The fourth-order valence-electron chi connectivity index (χ4n) is 1.39. The molecule has 0 bridgehead atoms. The zero-order valence-electron chi connectivity index (χ0n) is 9.99. The van der Waals surface area contributed by atoms with Crippen LogP contribution in [0.2, 0.25) is 0 Å². The van der Waals surface area contributed by atoms with Gasteiger partial charge in [-0.3, -0.25) is 4.79 Å². The lowest BCUT2D eigenvalue weighted by molar-refractivity contribution is -0.139. The van der Waals surface area contributed by atoms with E-state index in [1.807, 2.05) is 0 Å². The topological polar surface area (TPSA) is 66.4 Å². The molecule has 0 aliphatic heterocycles. The van der Waals surface area contributed by atoms with Gasteiger partial charge in [0.25, 0.3) is 5.91 Å². The first-order valence-corrected chi connectivity index (χ1v) is 5.46. The zero-order chi connectivity index (χ0) is 14.6. The standard InChI is InChI=1S/C12H12F3NO3/c1-2-9(11(18)19)16-10(17)7-3-5-8(6-4-7)12(13,14)15/h3-6,9H,2H2,1H3,(H,16,17)(H,18,19)/t9-/m1/s1. The number of carboxylic acid groups (broad SMARTS) is 1. The van der Waals surface area contributed by atoms with Gasteiger partial charge in [0, 0.05) is 5.56 Å². The summed E-state index contributed by atoms with van der Waals surface area (Å²) in [4.78, 5) is 22.3. The molecular formula is C12H12F3NO3. The second-order valence-electron chi connectivity index (χ2n) is 3.85. The van der Waals surface area contributed by atoms with Crippen molar-refractivity contribution in [3.05, 3.63) is 35.4 Å². The fourth-order valence-corrected chi connectivity index (χ4v) is 1.39. The third kappa shape index (κ3) is 3.97. The maximum atomic E-state index is 12.3. The van der Waals surface area contributed by atoms with Gasteiger partial charge in [-0.05, 0) is 30.7 Å². The average Bonchev–Trinajstić information content (AvgIpc) is 2.34. The predicted molar refractivity (Wildman–Crippen MR) is 60.6 cm³/mol. The van der Waals surface area contributed by atoms with Crippen molar-refractivity contribution in [1.82, 2.24) is 5.32 Å². The highest BCUT2D eigenvalue weighted by atomic mass is 19.4. The minimum Gasteiger partial charge on any atom is -0.480 e. The normalized spacial score (nSPS) is 12.8. The van der Waals surface area contributed by atoms with Crippen LogP contribution < -0.4 is 5.32 Å². The monoisotopic (exact) mass is 275 g/mol. The molecule has 0 spiro atoms. The first kappa shape index (κ1) is 15.0. The van der Waals surface area contributed by atoms with Gasteiger partial charge in [-0.2, -0.15) is 13.2 Å². The summed E-state index contributed by atoms with van der Waals surface area (Å²) < 4.78 is 36.9. The number of carboxylic acids is 1. The molecule has 2 N–H and O–H groups in total. The molecule has 0 aliphatic rings. The largest absolute Gasteiger partial charge is 0.480 e. The van der Waals surface area contributed by atoms with Crippen LogP contribution in [0.1, 0.15) is 29.3 Å². The minimum absolute atomic E-state index is 0.0206. The molecule has 1 aromatic rings. The lowest BCUT2D eigenvalue weighted by atomic mass is 10.1. The van der Waals surface area contributed by atoms with Crippen LogP contribution >= 0.6 is 0 Å². The molecule has 7 heteroatoms. The summed E-state index contributed by atoms with van der Waals surface area (Å²) in [6.07, 6.45) is -4.29. The first-order valence-electron chi connectivity index (χ1n) is 5.46. The van der Waals surface area contributed by atoms with Crippen LogP contribution in [0.3, 0.4) is 0 Å². The molecule has 0 aliphatic carbocycles. The number of hydrogen-bond donors (Lipinski definition) is 2. The molecule has 0 saturated heterocycles. The van der Waals surface area contributed by atoms with Gasteiger partial charge in [-0.15, -0.1) is 0 Å². The van der Waals surface area contributed by atoms with E-state index < -0.39 is 29.7 Å². The Morgan fingerprint density at radius 2 is 1.79 bits per heavy atom. The summed E-state index contributed by atoms with van der Waals surface area (Å²) in [6, 6.07) is 2.50. The number of halogens is 3. The van der Waals surface area contributed by atoms with Crippen molar-refractivity contribution in [2.75, 3.05) is 0 Å². The van der Waals surface area contributed by atoms with Crippen molar-refractivity contribution in [2.24, 2.45) is 0 Å². The summed E-state index contributed by atoms with van der Waals surface area (Å²) in [5.74, 6) is -1.91. The van der Waals surface area contributed by atoms with E-state index in [2.05, 4.69) is 5.32 Å². The van der Waals surface area contributed by atoms with Crippen molar-refractivity contribution < 1.29 is 27.9 Å². The highest BCUT2D eigenvalue weighted by Gasteiger charge is 2.30. The number of benzene rings is 1. The zero-order valence-corrected chi connectivity index (χ0v) is 9.99. The maximum Gasteiger partial charge on any atom is 0.416 e. The molecule has 19 heavy (non-hydrogen) atoms. The Hall–Kier alpha value is -2.05. The molecule has 104 valence electrons. The van der Waals surface area contributed by atoms with E-state index in [9.17, 15) is 22.8 Å². The van der Waals surface area contributed by atoms with Gasteiger partial charge in [0.1, 0.15) is 6.04 Å². The molecule has 0 unspecified atom stereocenters. The van der Waals surface area contributed by atoms with E-state index in [-0.39, 0.29) is 12.0 Å². The highest BCUT2D eigenvalue weighted by Crippen LogP contribution is 2.29. The summed E-state index contributed by atoms with van der Waals surface area (Å²) >= 11 is 0. The molecule has 0 aromatic heterocycles. The molecule has 1 aromatic carbocycles. The van der Waals surface area contributed by atoms with E-state index >= 15 is 0 Å². The molecule has 0 saturated carbocycles. The third-order valence-electron chi connectivity index (χ3n) is 2.49. The number of carbonyl (C=O) groups is 2. The summed E-state index contributed by atoms with van der Waals surface area (Å²) in [5, 5.41) is 11.0. The van der Waals surface area contributed by atoms with Gasteiger partial charge in [-0.25, -0.2) is 4.79 Å². The SMILES string of the molecule is CC[C@@H](NC(=O)c1ccc(C(F)(F)F)cc1)C(=O)O. The smallest absolute Gasteiger partial charge is 0.416 e. The Labute approximate surface area is 107 Å². The number of aliphatic carboxylic acids is 1. The summed E-state index contributed by atoms with van der Waals surface area (Å²) in [5.41, 5.74) is -0.887. The van der Waals surface area contributed by atoms with Crippen LogP contribution in [0, 0.1) is 0 Å². The van der Waals surface area contributed by atoms with Crippen LogP contribution in [0.15, 0.2) is 24.3 Å². The number of rotatable bonds is 4. The average molecular weight is 275 g/mol. The molecule has 0 radical (unpaired) electrons. The van der Waals surface area contributed by atoms with Crippen LogP contribution in [0.5, 0.6) is 0 Å². The number of hydrogen-bond acceptors (Lipinski definition) is 2. The van der Waals surface area contributed by atoms with Gasteiger partial charge in [-0.1, -0.05) is 6.92 Å². The van der Waals surface area contributed by atoms with Crippen LogP contribution in [0.25, 0.3) is 0 Å². The second kappa shape index (κ2) is 5.73. The van der Waals surface area contributed by atoms with Crippen molar-refractivity contribution in [1.29, 1.82) is 0 Å². The van der Waals surface area contributed by atoms with E-state index in [1.165, 1.54) is 0 Å². The number of nitrogens with one attached hydrogen (secondary N) is 1. The van der Waals surface area contributed by atoms with Crippen molar-refractivity contribution in [3.63, 3.8) is 0 Å². The van der Waals surface area contributed by atoms with E-state index in [4.69, 9.17) is 5.11 Å². The van der Waals surface area contributed by atoms with Gasteiger partial charge in [0.2, 0.25) is 0 Å². The third-order valence-corrected chi connectivity index (χ3v) is 2.49. The van der Waals surface area contributed by atoms with Gasteiger partial charge in [0.15, 0.2) is 0 Å². The Morgan fingerprint density at radius 3 is 2.16 bits per heavy atom. The lowest BCUT2D eigenvalue weighted by Gasteiger charge is -2.12. The van der Waals surface area contributed by atoms with Crippen LogP contribution in [0.4, 0.5) is 13.2 Å². The number of alkyl halides is 3. The van der Waals surface area contributed by atoms with Gasteiger partial charge < -0.3 is 10.4 Å². The molecule has 0 fully saturated rings. The van der Waals surface area contributed by atoms with E-state index in [1.54, 1.807) is 6.92 Å². The molecule has 4 nitrogen and oxygen atoms in total. The summed E-state index contributed by atoms with van der Waals surface area (Å²) in [6.45, 7) is 1.58. The number of carbonyl (C=O) groups excluding carboxylic acids is 1. The molecule has 0 heterocycles. The Bertz CT molecular complexity index is 468.